The maximum absolute atomic E-state index is 13.2. The molecule has 3 saturated carbocycles. The molecule has 1 unspecified atom stereocenters. The number of hydroxylamine groups is 2. The van der Waals surface area contributed by atoms with Gasteiger partial charge in [0.05, 0.1) is 6.61 Å². The van der Waals surface area contributed by atoms with Crippen LogP contribution in [0.25, 0.3) is 0 Å². The summed E-state index contributed by atoms with van der Waals surface area (Å²) in [4.78, 5) is 42.6. The molecule has 0 bridgehead atoms. The Morgan fingerprint density at radius 2 is 2.03 bits per heavy atom. The largest absolute Gasteiger partial charge is 0.458 e. The SMILES string of the molecule is CC(=O)OCC(=O)[C@H]1CC[C@H]2[C@@H]3CCC4=CC(=O)C=C[C@]4(C)[C@H]3[C@@H](N3OCCC3O)C[C@]12C. The van der Waals surface area contributed by atoms with Gasteiger partial charge < -0.3 is 9.84 Å². The molecule has 0 amide bonds. The highest BCUT2D eigenvalue weighted by Crippen LogP contribution is 2.67. The lowest BCUT2D eigenvalue weighted by Crippen LogP contribution is -2.61. The molecule has 1 saturated heterocycles. The number of rotatable bonds is 4. The fourth-order valence-corrected chi connectivity index (χ4v) is 8.17. The molecule has 8 atom stereocenters. The average molecular weight is 458 g/mol. The fraction of sp³-hybridized carbons (Fsp3) is 0.731. The highest BCUT2D eigenvalue weighted by Gasteiger charge is 2.64. The van der Waals surface area contributed by atoms with E-state index in [2.05, 4.69) is 19.9 Å². The molecule has 4 aliphatic carbocycles. The lowest BCUT2D eigenvalue weighted by atomic mass is 9.46. The number of aliphatic hydroxyl groups is 1. The summed E-state index contributed by atoms with van der Waals surface area (Å²) in [5.74, 6) is 0.365. The van der Waals surface area contributed by atoms with Gasteiger partial charge in [0.25, 0.3) is 0 Å². The summed E-state index contributed by atoms with van der Waals surface area (Å²) in [6.07, 6.45) is 9.84. The Morgan fingerprint density at radius 3 is 2.73 bits per heavy atom. The van der Waals surface area contributed by atoms with Crippen LogP contribution >= 0.6 is 0 Å². The maximum atomic E-state index is 13.2. The number of carbonyl (C=O) groups excluding carboxylic acids is 3. The van der Waals surface area contributed by atoms with E-state index in [0.29, 0.717) is 24.9 Å². The molecule has 33 heavy (non-hydrogen) atoms. The van der Waals surface area contributed by atoms with E-state index in [-0.39, 0.29) is 46.9 Å². The highest BCUT2D eigenvalue weighted by molar-refractivity contribution is 6.01. The minimum atomic E-state index is -0.667. The summed E-state index contributed by atoms with van der Waals surface area (Å²) < 4.78 is 5.08. The number of Topliss-reactive ketones (excluding diaryl/α,β-unsaturated/α-hetero) is 1. The van der Waals surface area contributed by atoms with Gasteiger partial charge >= 0.3 is 5.97 Å². The van der Waals surface area contributed by atoms with Gasteiger partial charge in [0.2, 0.25) is 0 Å². The van der Waals surface area contributed by atoms with Crippen LogP contribution in [0.4, 0.5) is 0 Å². The Labute approximate surface area is 195 Å². The van der Waals surface area contributed by atoms with E-state index in [1.165, 1.54) is 12.5 Å². The number of allylic oxidation sites excluding steroid dienone is 4. The number of ether oxygens (including phenoxy) is 1. The Balaban J connectivity index is 1.53. The molecular formula is C26H35NO6. The van der Waals surface area contributed by atoms with Crippen LogP contribution in [0.3, 0.4) is 0 Å². The van der Waals surface area contributed by atoms with Crippen molar-refractivity contribution in [3.63, 3.8) is 0 Å². The average Bonchev–Trinajstić information content (AvgIpc) is 3.34. The minimum Gasteiger partial charge on any atom is -0.458 e. The van der Waals surface area contributed by atoms with Crippen molar-refractivity contribution in [3.05, 3.63) is 23.8 Å². The van der Waals surface area contributed by atoms with Gasteiger partial charge in [-0.05, 0) is 67.4 Å². The van der Waals surface area contributed by atoms with Gasteiger partial charge in [-0.3, -0.25) is 19.2 Å². The summed E-state index contributed by atoms with van der Waals surface area (Å²) in [6.45, 7) is 6.10. The van der Waals surface area contributed by atoms with E-state index in [1.54, 1.807) is 11.1 Å². The molecule has 7 nitrogen and oxygen atoms in total. The van der Waals surface area contributed by atoms with E-state index in [9.17, 15) is 19.5 Å². The van der Waals surface area contributed by atoms with Crippen LogP contribution < -0.4 is 0 Å². The van der Waals surface area contributed by atoms with Crippen LogP contribution in [0, 0.1) is 34.5 Å². The summed E-state index contributed by atoms with van der Waals surface area (Å²) >= 11 is 0. The van der Waals surface area contributed by atoms with E-state index in [1.807, 2.05) is 6.08 Å². The second-order valence-electron chi connectivity index (χ2n) is 11.1. The monoisotopic (exact) mass is 457 g/mol. The minimum absolute atomic E-state index is 0.000976. The van der Waals surface area contributed by atoms with Crippen LogP contribution in [-0.4, -0.2) is 53.2 Å². The number of ketones is 2. The number of aliphatic hydroxyl groups excluding tert-OH is 1. The number of nitrogens with zero attached hydrogens (tertiary/aromatic N) is 1. The fourth-order valence-electron chi connectivity index (χ4n) is 8.17. The van der Waals surface area contributed by atoms with E-state index < -0.39 is 12.2 Å². The number of hydrogen-bond acceptors (Lipinski definition) is 7. The van der Waals surface area contributed by atoms with Crippen molar-refractivity contribution in [2.45, 2.75) is 71.6 Å². The first-order valence-electron chi connectivity index (χ1n) is 12.3. The van der Waals surface area contributed by atoms with Gasteiger partial charge in [0, 0.05) is 30.7 Å². The zero-order valence-corrected chi connectivity index (χ0v) is 19.8. The second kappa shape index (κ2) is 8.14. The highest BCUT2D eigenvalue weighted by atomic mass is 16.7. The molecule has 7 heteroatoms. The van der Waals surface area contributed by atoms with Gasteiger partial charge in [-0.1, -0.05) is 25.5 Å². The molecule has 1 N–H and O–H groups in total. The smallest absolute Gasteiger partial charge is 0.303 e. The van der Waals surface area contributed by atoms with Crippen LogP contribution in [0.5, 0.6) is 0 Å². The van der Waals surface area contributed by atoms with E-state index in [4.69, 9.17) is 9.57 Å². The Morgan fingerprint density at radius 1 is 1.24 bits per heavy atom. The van der Waals surface area contributed by atoms with E-state index >= 15 is 0 Å². The quantitative estimate of drug-likeness (QED) is 0.649. The molecule has 180 valence electrons. The zero-order valence-electron chi connectivity index (χ0n) is 19.8. The Kier molecular flexibility index (Phi) is 5.66. The Bertz CT molecular complexity index is 926. The maximum Gasteiger partial charge on any atom is 0.303 e. The van der Waals surface area contributed by atoms with Crippen molar-refractivity contribution < 1.29 is 29.1 Å². The molecule has 0 spiro atoms. The van der Waals surface area contributed by atoms with Crippen molar-refractivity contribution in [2.75, 3.05) is 13.2 Å². The van der Waals surface area contributed by atoms with Gasteiger partial charge in [-0.25, -0.2) is 0 Å². The summed E-state index contributed by atoms with van der Waals surface area (Å²) in [5, 5.41) is 12.6. The molecule has 5 rings (SSSR count). The molecule has 0 radical (unpaired) electrons. The van der Waals surface area contributed by atoms with Crippen molar-refractivity contribution in [3.8, 4) is 0 Å². The molecular weight excluding hydrogens is 422 g/mol. The standard InChI is InChI=1S/C26H35NO6/c1-15(28)32-14-22(30)20-7-6-19-18-5-4-16-12-17(29)8-10-25(16,2)24(18)21(13-26(19,20)3)27-23(31)9-11-33-27/h8,10,12,18-21,23-24,31H,4-7,9,11,13-14H2,1-3H3/t18-,19-,20+,21-,23?,24+,25-,26-/m0/s1. The molecule has 5 aliphatic rings. The topological polar surface area (TPSA) is 93.1 Å². The lowest BCUT2D eigenvalue weighted by molar-refractivity contribution is -0.251. The van der Waals surface area contributed by atoms with Gasteiger partial charge in [-0.2, -0.15) is 5.06 Å². The summed E-state index contributed by atoms with van der Waals surface area (Å²) in [6, 6.07) is -0.0672. The van der Waals surface area contributed by atoms with Crippen LogP contribution in [0.15, 0.2) is 23.8 Å². The van der Waals surface area contributed by atoms with Gasteiger partial charge in [0.1, 0.15) is 12.8 Å². The van der Waals surface area contributed by atoms with Crippen molar-refractivity contribution in [1.82, 2.24) is 5.06 Å². The van der Waals surface area contributed by atoms with Crippen LogP contribution in [0.1, 0.15) is 59.3 Å². The van der Waals surface area contributed by atoms with E-state index in [0.717, 1.165) is 32.1 Å². The predicted octanol–water partition coefficient (Wildman–Crippen LogP) is 2.98. The number of fused-ring (bicyclic) bond motifs is 5. The molecule has 0 aromatic rings. The molecule has 0 aromatic heterocycles. The number of hydrogen-bond donors (Lipinski definition) is 1. The third-order valence-electron chi connectivity index (χ3n) is 9.54. The molecule has 4 fully saturated rings. The summed E-state index contributed by atoms with van der Waals surface area (Å²) in [7, 11) is 0. The van der Waals surface area contributed by atoms with Gasteiger partial charge in [-0.15, -0.1) is 0 Å². The lowest BCUT2D eigenvalue weighted by Gasteiger charge is -2.61. The first kappa shape index (κ1) is 22.9. The molecule has 0 aromatic carbocycles. The van der Waals surface area contributed by atoms with Gasteiger partial charge in [0.15, 0.2) is 11.6 Å². The predicted molar refractivity (Wildman–Crippen MR) is 119 cm³/mol. The Hall–Kier alpha value is -1.83. The first-order valence-corrected chi connectivity index (χ1v) is 12.3. The third-order valence-corrected chi connectivity index (χ3v) is 9.54. The van der Waals surface area contributed by atoms with Crippen molar-refractivity contribution in [1.29, 1.82) is 0 Å². The van der Waals surface area contributed by atoms with Crippen LogP contribution in [-0.2, 0) is 24.0 Å². The summed E-state index contributed by atoms with van der Waals surface area (Å²) in [5.41, 5.74) is 0.661. The zero-order chi connectivity index (χ0) is 23.5. The van der Waals surface area contributed by atoms with Crippen molar-refractivity contribution >= 4 is 17.5 Å². The number of carbonyl (C=O) groups is 3. The second-order valence-corrected chi connectivity index (χ2v) is 11.1. The third kappa shape index (κ3) is 3.55. The number of esters is 1. The van der Waals surface area contributed by atoms with Crippen LogP contribution in [0.2, 0.25) is 0 Å². The molecule has 1 heterocycles. The van der Waals surface area contributed by atoms with Crippen molar-refractivity contribution in [2.24, 2.45) is 34.5 Å². The normalized spacial score (nSPS) is 44.6. The first-order chi connectivity index (χ1) is 15.6. The molecule has 1 aliphatic heterocycles.